The summed E-state index contributed by atoms with van der Waals surface area (Å²) < 4.78 is 59.5. The number of hydrogen-bond donors (Lipinski definition) is 1. The third-order valence-corrected chi connectivity index (χ3v) is 10.9. The van der Waals surface area contributed by atoms with Gasteiger partial charge in [-0.15, -0.1) is 0 Å². The van der Waals surface area contributed by atoms with Crippen molar-refractivity contribution in [3.05, 3.63) is 208 Å². The summed E-state index contributed by atoms with van der Waals surface area (Å²) in [6.07, 6.45) is -9.58. The van der Waals surface area contributed by atoms with Crippen LogP contribution in [-0.4, -0.2) is 71.6 Å². The monoisotopic (exact) mass is 924 g/mol. The van der Waals surface area contributed by atoms with Crippen LogP contribution in [0.3, 0.4) is 0 Å². The van der Waals surface area contributed by atoms with Gasteiger partial charge in [0.15, 0.2) is 12.2 Å². The molecule has 0 aromatic heterocycles. The van der Waals surface area contributed by atoms with Gasteiger partial charge in [0.25, 0.3) is 0 Å². The maximum absolute atomic E-state index is 17.1. The predicted octanol–water partition coefficient (Wildman–Crippen LogP) is 8.73. The van der Waals surface area contributed by atoms with Gasteiger partial charge in [-0.1, -0.05) is 84.9 Å². The van der Waals surface area contributed by atoms with Crippen LogP contribution in [0.25, 0.3) is 0 Å². The van der Waals surface area contributed by atoms with Crippen molar-refractivity contribution in [2.75, 3.05) is 0 Å². The van der Waals surface area contributed by atoms with E-state index in [2.05, 4.69) is 0 Å². The Labute approximate surface area is 392 Å². The fourth-order valence-corrected chi connectivity index (χ4v) is 7.70. The minimum Gasteiger partial charge on any atom is -0.491 e. The summed E-state index contributed by atoms with van der Waals surface area (Å²) in [5.41, 5.74) is 0.242. The average molecular weight is 925 g/mol. The number of benzene rings is 6. The lowest BCUT2D eigenvalue weighted by atomic mass is 9.82. The average Bonchev–Trinajstić information content (AvgIpc) is 3.34. The fraction of sp³-hybridized carbons (Fsp3) is 0.241. The number of rotatable bonds is 16. The molecule has 0 aliphatic carbocycles. The summed E-state index contributed by atoms with van der Waals surface area (Å²) in [5, 5.41) is 13.7. The highest BCUT2D eigenvalue weighted by atomic mass is 19.1. The zero-order valence-corrected chi connectivity index (χ0v) is 37.6. The van der Waals surface area contributed by atoms with Crippen LogP contribution in [0.4, 0.5) is 4.39 Å². The Morgan fingerprint density at radius 1 is 0.618 bits per heavy atom. The van der Waals surface area contributed by atoms with Crippen molar-refractivity contribution in [3.8, 4) is 5.75 Å². The summed E-state index contributed by atoms with van der Waals surface area (Å²) in [7, 11) is 0. The number of ether oxygens (including phenoxy) is 7. The van der Waals surface area contributed by atoms with Gasteiger partial charge in [0.2, 0.25) is 11.9 Å². The van der Waals surface area contributed by atoms with Crippen molar-refractivity contribution >= 4 is 29.8 Å². The van der Waals surface area contributed by atoms with Crippen LogP contribution in [-0.2, 0) is 52.0 Å². The lowest BCUT2D eigenvalue weighted by Crippen LogP contribution is -2.68. The van der Waals surface area contributed by atoms with Gasteiger partial charge in [-0.05, 0) is 105 Å². The second kappa shape index (κ2) is 21.7. The van der Waals surface area contributed by atoms with Crippen LogP contribution in [0, 0.1) is 5.82 Å². The maximum atomic E-state index is 17.1. The SMILES string of the molecule is CC(=O)OCc1cc(F)c(Cc2ccc(OC(C)C)cc2)c([C@@]2(O)O[C@H]([C@H](C)OC(=O)c3ccccc3)[C@@H](OC(=O)c3ccccc3)[C@H](OC(=O)c3ccccc3)[C@H]2OC(=O)c2ccccc2)c1. The molecule has 0 radical (unpaired) electrons. The van der Waals surface area contributed by atoms with E-state index < -0.39 is 78.6 Å². The predicted molar refractivity (Wildman–Crippen MR) is 244 cm³/mol. The van der Waals surface area contributed by atoms with Crippen LogP contribution < -0.4 is 4.74 Å². The fourth-order valence-electron chi connectivity index (χ4n) is 7.70. The molecule has 1 saturated heterocycles. The van der Waals surface area contributed by atoms with E-state index in [1.807, 2.05) is 13.8 Å². The van der Waals surface area contributed by atoms with Crippen LogP contribution in [0.5, 0.6) is 5.75 Å². The van der Waals surface area contributed by atoms with Crippen LogP contribution in [0.2, 0.25) is 0 Å². The Balaban J connectivity index is 1.46. The molecule has 13 nitrogen and oxygen atoms in total. The molecule has 350 valence electrons. The molecule has 6 aromatic carbocycles. The van der Waals surface area contributed by atoms with Gasteiger partial charge >= 0.3 is 29.8 Å². The second-order valence-electron chi connectivity index (χ2n) is 16.3. The van der Waals surface area contributed by atoms with E-state index in [-0.39, 0.29) is 51.5 Å². The van der Waals surface area contributed by atoms with Crippen molar-refractivity contribution in [2.45, 2.75) is 83.1 Å². The maximum Gasteiger partial charge on any atom is 0.338 e. The molecule has 1 heterocycles. The number of aliphatic hydroxyl groups is 1. The Hall–Kier alpha value is -7.68. The first kappa shape index (κ1) is 48.3. The van der Waals surface area contributed by atoms with Crippen molar-refractivity contribution < 1.29 is 66.6 Å². The molecule has 7 rings (SSSR count). The first-order valence-corrected chi connectivity index (χ1v) is 21.8. The number of carbonyl (C=O) groups excluding carboxylic acids is 5. The van der Waals surface area contributed by atoms with E-state index in [0.717, 1.165) is 6.07 Å². The van der Waals surface area contributed by atoms with Gasteiger partial charge in [0.1, 0.15) is 30.4 Å². The van der Waals surface area contributed by atoms with Crippen LogP contribution in [0.1, 0.15) is 91.4 Å². The molecule has 6 atom stereocenters. The van der Waals surface area contributed by atoms with Crippen LogP contribution >= 0.6 is 0 Å². The summed E-state index contributed by atoms with van der Waals surface area (Å²) in [4.78, 5) is 68.7. The molecule has 1 fully saturated rings. The molecule has 0 spiro atoms. The molecular formula is C54H49FO13. The topological polar surface area (TPSA) is 170 Å². The van der Waals surface area contributed by atoms with Crippen molar-refractivity contribution in [1.29, 1.82) is 0 Å². The van der Waals surface area contributed by atoms with E-state index in [0.29, 0.717) is 11.3 Å². The summed E-state index contributed by atoms with van der Waals surface area (Å²) in [6.45, 7) is 5.84. The highest BCUT2D eigenvalue weighted by Gasteiger charge is 2.63. The van der Waals surface area contributed by atoms with E-state index in [1.165, 1.54) is 68.4 Å². The standard InChI is InChI=1S/C54H49FO13/c1-33(2)63-42-27-25-36(26-28-42)29-43-44(30-37(31-45(43)55)32-62-35(4)56)54(61)49(67-53(60)41-23-15-8-16-24-41)48(66-52(59)40-21-13-7-14-22-40)47(65-51(58)39-19-11-6-12-20-39)46(68-54)34(3)64-50(57)38-17-9-5-10-18-38/h5-28,30-31,33-34,46-49,61H,29,32H2,1-4H3/t34-,46+,47+,48-,49+,54+/m0/s1. The zero-order chi connectivity index (χ0) is 48.4. The quantitative estimate of drug-likeness (QED) is 0.0723. The largest absolute Gasteiger partial charge is 0.491 e. The molecule has 0 amide bonds. The van der Waals surface area contributed by atoms with E-state index >= 15 is 4.39 Å². The van der Waals surface area contributed by atoms with E-state index in [9.17, 15) is 29.1 Å². The van der Waals surface area contributed by atoms with E-state index in [4.69, 9.17) is 33.2 Å². The van der Waals surface area contributed by atoms with E-state index in [1.54, 1.807) is 97.1 Å². The first-order valence-electron chi connectivity index (χ1n) is 21.8. The number of esters is 5. The highest BCUT2D eigenvalue weighted by Crippen LogP contribution is 2.45. The Kier molecular flexibility index (Phi) is 15.4. The molecule has 1 N–H and O–H groups in total. The lowest BCUT2D eigenvalue weighted by molar-refractivity contribution is -0.360. The normalized spacial score (nSPS) is 19.2. The molecular weight excluding hydrogens is 876 g/mol. The summed E-state index contributed by atoms with van der Waals surface area (Å²) >= 11 is 0. The molecule has 68 heavy (non-hydrogen) atoms. The van der Waals surface area contributed by atoms with Crippen molar-refractivity contribution in [1.82, 2.24) is 0 Å². The molecule has 0 unspecified atom stereocenters. The minimum atomic E-state index is -3.05. The highest BCUT2D eigenvalue weighted by molar-refractivity contribution is 5.92. The van der Waals surface area contributed by atoms with Crippen LogP contribution in [0.15, 0.2) is 158 Å². The third-order valence-electron chi connectivity index (χ3n) is 10.9. The Bertz CT molecular complexity index is 2700. The van der Waals surface area contributed by atoms with Gasteiger partial charge in [0, 0.05) is 24.5 Å². The van der Waals surface area contributed by atoms with Crippen molar-refractivity contribution in [2.24, 2.45) is 0 Å². The first-order chi connectivity index (χ1) is 32.7. The summed E-state index contributed by atoms with van der Waals surface area (Å²) in [5.74, 6) is -7.94. The lowest BCUT2D eigenvalue weighted by Gasteiger charge is -2.50. The number of halogens is 1. The van der Waals surface area contributed by atoms with Gasteiger partial charge in [-0.25, -0.2) is 23.6 Å². The molecule has 0 saturated carbocycles. The molecule has 1 aliphatic rings. The van der Waals surface area contributed by atoms with Gasteiger partial charge in [0.05, 0.1) is 28.4 Å². The summed E-state index contributed by atoms with van der Waals surface area (Å²) in [6, 6.07) is 40.4. The number of hydrogen-bond acceptors (Lipinski definition) is 13. The van der Waals surface area contributed by atoms with Gasteiger partial charge < -0.3 is 38.3 Å². The minimum absolute atomic E-state index is 0.00758. The van der Waals surface area contributed by atoms with Gasteiger partial charge in [-0.2, -0.15) is 0 Å². The molecule has 14 heteroatoms. The Morgan fingerprint density at radius 2 is 1.09 bits per heavy atom. The number of carbonyl (C=O) groups is 5. The molecule has 6 aromatic rings. The zero-order valence-electron chi connectivity index (χ0n) is 37.6. The van der Waals surface area contributed by atoms with Crippen molar-refractivity contribution in [3.63, 3.8) is 0 Å². The third kappa shape index (κ3) is 11.6. The smallest absolute Gasteiger partial charge is 0.338 e. The molecule has 1 aliphatic heterocycles. The van der Waals surface area contributed by atoms with Gasteiger partial charge in [-0.3, -0.25) is 4.79 Å². The molecule has 0 bridgehead atoms. The Morgan fingerprint density at radius 3 is 1.57 bits per heavy atom. The second-order valence-corrected chi connectivity index (χ2v) is 16.3.